The highest BCUT2D eigenvalue weighted by molar-refractivity contribution is 5.52. The fourth-order valence-corrected chi connectivity index (χ4v) is 2.68. The second-order valence-electron chi connectivity index (χ2n) is 4.82. The van der Waals surface area contributed by atoms with Crippen molar-refractivity contribution in [1.82, 2.24) is 0 Å². The van der Waals surface area contributed by atoms with Gasteiger partial charge in [-0.2, -0.15) is 0 Å². The number of fused-ring (bicyclic) bond motifs is 2. The van der Waals surface area contributed by atoms with Gasteiger partial charge in [0.25, 0.3) is 0 Å². The molecule has 0 radical (unpaired) electrons. The Kier molecular flexibility index (Phi) is 2.83. The molecule has 0 aromatic heterocycles. The number of para-hydroxylation sites is 1. The molecule has 0 N–H and O–H groups in total. The third-order valence-corrected chi connectivity index (χ3v) is 3.72. The predicted molar refractivity (Wildman–Crippen MR) is 74.5 cm³/mol. The van der Waals surface area contributed by atoms with Crippen LogP contribution in [-0.4, -0.2) is 0 Å². The van der Waals surface area contributed by atoms with E-state index in [1.165, 1.54) is 22.3 Å². The van der Waals surface area contributed by atoms with Crippen LogP contribution in [0.25, 0.3) is 0 Å². The largest absolute Gasteiger partial charge is 0.457 e. The van der Waals surface area contributed by atoms with Crippen molar-refractivity contribution in [3.05, 3.63) is 58.7 Å². The minimum atomic E-state index is 0.989. The molecule has 0 aliphatic carbocycles. The summed E-state index contributed by atoms with van der Waals surface area (Å²) < 4.78 is 6.02. The Morgan fingerprint density at radius 2 is 1.61 bits per heavy atom. The van der Waals surface area contributed by atoms with E-state index in [9.17, 15) is 0 Å². The highest BCUT2D eigenvalue weighted by Crippen LogP contribution is 2.37. The van der Waals surface area contributed by atoms with Crippen LogP contribution in [0.5, 0.6) is 11.5 Å². The lowest BCUT2D eigenvalue weighted by Gasteiger charge is -2.22. The SMILES string of the molecule is CCc1cc2c(cc1CC)Oc1ccccc1C2. The Morgan fingerprint density at radius 1 is 0.889 bits per heavy atom. The molecule has 0 unspecified atom stereocenters. The molecule has 0 bridgehead atoms. The van der Waals surface area contributed by atoms with Crippen molar-refractivity contribution in [2.24, 2.45) is 0 Å². The fraction of sp³-hybridized carbons (Fsp3) is 0.294. The Balaban J connectivity index is 2.07. The molecule has 2 aromatic rings. The summed E-state index contributed by atoms with van der Waals surface area (Å²) >= 11 is 0. The van der Waals surface area contributed by atoms with Crippen LogP contribution in [0.15, 0.2) is 36.4 Å². The number of hydrogen-bond donors (Lipinski definition) is 0. The van der Waals surface area contributed by atoms with Gasteiger partial charge in [0, 0.05) is 6.42 Å². The van der Waals surface area contributed by atoms with Gasteiger partial charge in [-0.1, -0.05) is 38.1 Å². The van der Waals surface area contributed by atoms with Gasteiger partial charge in [-0.3, -0.25) is 0 Å². The van der Waals surface area contributed by atoms with Crippen LogP contribution in [0.3, 0.4) is 0 Å². The van der Waals surface area contributed by atoms with Gasteiger partial charge in [0.05, 0.1) is 0 Å². The van der Waals surface area contributed by atoms with Crippen LogP contribution in [-0.2, 0) is 19.3 Å². The van der Waals surface area contributed by atoms with Crippen molar-refractivity contribution in [2.45, 2.75) is 33.1 Å². The maximum absolute atomic E-state index is 6.02. The number of ether oxygens (including phenoxy) is 1. The molecule has 1 nitrogen and oxygen atoms in total. The molecule has 0 amide bonds. The second-order valence-corrected chi connectivity index (χ2v) is 4.82. The maximum Gasteiger partial charge on any atom is 0.131 e. The lowest BCUT2D eigenvalue weighted by Crippen LogP contribution is -2.05. The van der Waals surface area contributed by atoms with Crippen LogP contribution in [0, 0.1) is 0 Å². The van der Waals surface area contributed by atoms with E-state index >= 15 is 0 Å². The summed E-state index contributed by atoms with van der Waals surface area (Å²) in [4.78, 5) is 0. The molecule has 1 aliphatic rings. The molecule has 1 aliphatic heterocycles. The predicted octanol–water partition coefficient (Wildman–Crippen LogP) is 4.51. The van der Waals surface area contributed by atoms with Crippen LogP contribution in [0.2, 0.25) is 0 Å². The van der Waals surface area contributed by atoms with Gasteiger partial charge in [-0.25, -0.2) is 0 Å². The minimum Gasteiger partial charge on any atom is -0.457 e. The van der Waals surface area contributed by atoms with Crippen LogP contribution < -0.4 is 4.74 Å². The third-order valence-electron chi connectivity index (χ3n) is 3.72. The molecule has 92 valence electrons. The topological polar surface area (TPSA) is 9.23 Å². The van der Waals surface area contributed by atoms with Crippen LogP contribution >= 0.6 is 0 Å². The molecule has 0 fully saturated rings. The summed E-state index contributed by atoms with van der Waals surface area (Å²) in [5.41, 5.74) is 5.48. The van der Waals surface area contributed by atoms with E-state index in [1.807, 2.05) is 6.07 Å². The maximum atomic E-state index is 6.02. The second kappa shape index (κ2) is 4.49. The normalized spacial score (nSPS) is 12.6. The van der Waals surface area contributed by atoms with E-state index in [0.29, 0.717) is 0 Å². The number of benzene rings is 2. The Morgan fingerprint density at radius 3 is 2.39 bits per heavy atom. The zero-order chi connectivity index (χ0) is 12.5. The van der Waals surface area contributed by atoms with Crippen molar-refractivity contribution in [3.8, 4) is 11.5 Å². The first-order valence-electron chi connectivity index (χ1n) is 6.72. The summed E-state index contributed by atoms with van der Waals surface area (Å²) in [5.74, 6) is 2.05. The average molecular weight is 238 g/mol. The van der Waals surface area contributed by atoms with Gasteiger partial charge in [0.1, 0.15) is 11.5 Å². The van der Waals surface area contributed by atoms with Crippen LogP contribution in [0.4, 0.5) is 0 Å². The Bertz CT molecular complexity index is 532. The standard InChI is InChI=1S/C17H18O/c1-3-12-9-15-10-14-7-5-6-8-16(14)18-17(15)11-13(12)4-2/h5-9,11H,3-4,10H2,1-2H3. The summed E-state index contributed by atoms with van der Waals surface area (Å²) in [6.45, 7) is 4.43. The van der Waals surface area contributed by atoms with Crippen LogP contribution in [0.1, 0.15) is 36.1 Å². The minimum absolute atomic E-state index is 0.989. The van der Waals surface area contributed by atoms with E-state index in [2.05, 4.69) is 44.2 Å². The molecule has 18 heavy (non-hydrogen) atoms. The third kappa shape index (κ3) is 1.80. The van der Waals surface area contributed by atoms with E-state index in [0.717, 1.165) is 30.8 Å². The van der Waals surface area contributed by atoms with Gasteiger partial charge in [-0.05, 0) is 47.2 Å². The Hall–Kier alpha value is -1.76. The van der Waals surface area contributed by atoms with Gasteiger partial charge in [-0.15, -0.1) is 0 Å². The van der Waals surface area contributed by atoms with Crippen molar-refractivity contribution in [2.75, 3.05) is 0 Å². The zero-order valence-corrected chi connectivity index (χ0v) is 11.0. The number of aryl methyl sites for hydroxylation is 2. The molecular formula is C17H18O. The summed E-state index contributed by atoms with van der Waals surface area (Å²) in [6.07, 6.45) is 3.15. The molecule has 1 heterocycles. The fourth-order valence-electron chi connectivity index (χ4n) is 2.68. The molecule has 0 saturated carbocycles. The molecular weight excluding hydrogens is 220 g/mol. The van der Waals surface area contributed by atoms with E-state index < -0.39 is 0 Å². The average Bonchev–Trinajstić information content (AvgIpc) is 2.43. The van der Waals surface area contributed by atoms with E-state index in [-0.39, 0.29) is 0 Å². The summed E-state index contributed by atoms with van der Waals surface area (Å²) in [6, 6.07) is 12.9. The Labute approximate surface area is 108 Å². The molecule has 0 spiro atoms. The smallest absolute Gasteiger partial charge is 0.131 e. The molecule has 3 rings (SSSR count). The first kappa shape index (κ1) is 11.3. The van der Waals surface area contributed by atoms with Crippen molar-refractivity contribution < 1.29 is 4.74 Å². The highest BCUT2D eigenvalue weighted by atomic mass is 16.5. The zero-order valence-electron chi connectivity index (χ0n) is 11.0. The summed E-state index contributed by atoms with van der Waals surface area (Å²) in [7, 11) is 0. The molecule has 1 heteroatoms. The molecule has 2 aromatic carbocycles. The van der Waals surface area contributed by atoms with Crippen molar-refractivity contribution >= 4 is 0 Å². The monoisotopic (exact) mass is 238 g/mol. The summed E-state index contributed by atoms with van der Waals surface area (Å²) in [5, 5.41) is 0. The molecule has 0 saturated heterocycles. The lowest BCUT2D eigenvalue weighted by molar-refractivity contribution is 0.459. The van der Waals surface area contributed by atoms with Gasteiger partial charge in [0.15, 0.2) is 0 Å². The quantitative estimate of drug-likeness (QED) is 0.638. The highest BCUT2D eigenvalue weighted by Gasteiger charge is 2.17. The number of hydrogen-bond acceptors (Lipinski definition) is 1. The van der Waals surface area contributed by atoms with E-state index in [1.54, 1.807) is 0 Å². The number of rotatable bonds is 2. The van der Waals surface area contributed by atoms with E-state index in [4.69, 9.17) is 4.74 Å². The lowest BCUT2D eigenvalue weighted by atomic mass is 9.94. The van der Waals surface area contributed by atoms with Crippen molar-refractivity contribution in [1.29, 1.82) is 0 Å². The van der Waals surface area contributed by atoms with Gasteiger partial charge < -0.3 is 4.74 Å². The van der Waals surface area contributed by atoms with Gasteiger partial charge >= 0.3 is 0 Å². The molecule has 0 atom stereocenters. The van der Waals surface area contributed by atoms with Crippen molar-refractivity contribution in [3.63, 3.8) is 0 Å². The first-order valence-corrected chi connectivity index (χ1v) is 6.72. The van der Waals surface area contributed by atoms with Gasteiger partial charge in [0.2, 0.25) is 0 Å². The first-order chi connectivity index (χ1) is 8.81.